The quantitative estimate of drug-likeness (QED) is 0.761. The van der Waals surface area contributed by atoms with Crippen molar-refractivity contribution >= 4 is 23.4 Å². The molecule has 0 saturated heterocycles. The van der Waals surface area contributed by atoms with Crippen molar-refractivity contribution in [2.75, 3.05) is 0 Å². The van der Waals surface area contributed by atoms with Crippen LogP contribution in [0, 0.1) is 18.3 Å². The van der Waals surface area contributed by atoms with E-state index in [1.54, 1.807) is 24.3 Å². The molecule has 0 aliphatic heterocycles. The first-order chi connectivity index (χ1) is 10.3. The van der Waals surface area contributed by atoms with Gasteiger partial charge in [0.05, 0.1) is 0 Å². The first kappa shape index (κ1) is 16.7. The summed E-state index contributed by atoms with van der Waals surface area (Å²) in [6.07, 6.45) is -4.48. The molecule has 0 fully saturated rings. The van der Waals surface area contributed by atoms with Crippen LogP contribution in [0.5, 0.6) is 0 Å². The molecule has 1 aromatic carbocycles. The van der Waals surface area contributed by atoms with Crippen LogP contribution in [0.15, 0.2) is 35.4 Å². The number of hydrogen-bond donors (Lipinski definition) is 0. The van der Waals surface area contributed by atoms with Gasteiger partial charge < -0.3 is 0 Å². The first-order valence-corrected chi connectivity index (χ1v) is 7.59. The number of nitriles is 1. The number of aromatic amines is 1. The molecule has 2 aromatic rings. The van der Waals surface area contributed by atoms with Gasteiger partial charge in [0.1, 0.15) is 11.6 Å². The van der Waals surface area contributed by atoms with E-state index in [0.717, 1.165) is 23.4 Å². The summed E-state index contributed by atoms with van der Waals surface area (Å²) in [5, 5.41) is 9.95. The molecule has 2 nitrogen and oxygen atoms in total. The molecule has 114 valence electrons. The number of rotatable bonds is 3. The zero-order chi connectivity index (χ0) is 16.3. The minimum absolute atomic E-state index is 0.213. The largest absolute Gasteiger partial charge is 0.477 e. The summed E-state index contributed by atoms with van der Waals surface area (Å²) >= 11 is 6.94. The van der Waals surface area contributed by atoms with E-state index in [1.807, 2.05) is 6.07 Å². The average Bonchev–Trinajstić information content (AvgIpc) is 2.45. The molecule has 7 heteroatoms. The van der Waals surface area contributed by atoms with E-state index in [-0.39, 0.29) is 10.6 Å². The predicted octanol–water partition coefficient (Wildman–Crippen LogP) is 4.65. The molecule has 0 bridgehead atoms. The van der Waals surface area contributed by atoms with Crippen molar-refractivity contribution in [2.24, 2.45) is 0 Å². The third kappa shape index (κ3) is 3.93. The SMILES string of the molecule is Cc1cc(C(F)(F)F)[nH+]c(SCc2ccc(Cl)cc2)c1C#N. The number of alkyl halides is 3. The Morgan fingerprint density at radius 3 is 2.45 bits per heavy atom. The van der Waals surface area contributed by atoms with Crippen molar-refractivity contribution in [3.8, 4) is 6.07 Å². The Kier molecular flexibility index (Phi) is 4.99. The molecule has 1 heterocycles. The molecule has 0 atom stereocenters. The first-order valence-electron chi connectivity index (χ1n) is 6.22. The highest BCUT2D eigenvalue weighted by Gasteiger charge is 2.39. The number of pyridine rings is 1. The zero-order valence-electron chi connectivity index (χ0n) is 11.5. The number of nitrogens with one attached hydrogen (secondary N) is 1. The van der Waals surface area contributed by atoms with E-state index < -0.39 is 11.9 Å². The van der Waals surface area contributed by atoms with Gasteiger partial charge in [-0.25, -0.2) is 0 Å². The van der Waals surface area contributed by atoms with E-state index in [2.05, 4.69) is 4.98 Å². The van der Waals surface area contributed by atoms with Crippen LogP contribution < -0.4 is 4.98 Å². The molecule has 2 rings (SSSR count). The van der Waals surface area contributed by atoms with E-state index in [4.69, 9.17) is 16.9 Å². The van der Waals surface area contributed by atoms with Crippen LogP contribution in [0.2, 0.25) is 5.02 Å². The van der Waals surface area contributed by atoms with Crippen molar-refractivity contribution in [3.63, 3.8) is 0 Å². The summed E-state index contributed by atoms with van der Waals surface area (Å²) in [6.45, 7) is 1.49. The van der Waals surface area contributed by atoms with Crippen molar-refractivity contribution < 1.29 is 18.2 Å². The van der Waals surface area contributed by atoms with Crippen LogP contribution in [-0.4, -0.2) is 0 Å². The second kappa shape index (κ2) is 6.59. The topological polar surface area (TPSA) is 37.9 Å². The van der Waals surface area contributed by atoms with Gasteiger partial charge in [0.25, 0.3) is 10.7 Å². The molecule has 0 unspecified atom stereocenters. The Bertz CT molecular complexity index is 721. The van der Waals surface area contributed by atoms with Crippen LogP contribution in [-0.2, 0) is 11.9 Å². The molecule has 0 amide bonds. The monoisotopic (exact) mass is 343 g/mol. The van der Waals surface area contributed by atoms with Gasteiger partial charge >= 0.3 is 6.18 Å². The summed E-state index contributed by atoms with van der Waals surface area (Å²) in [5.41, 5.74) is 0.573. The lowest BCUT2D eigenvalue weighted by Crippen LogP contribution is -2.24. The number of aromatic nitrogens is 1. The van der Waals surface area contributed by atoms with Crippen LogP contribution in [0.1, 0.15) is 22.4 Å². The van der Waals surface area contributed by atoms with Gasteiger partial charge in [0.2, 0.25) is 0 Å². The third-order valence-electron chi connectivity index (χ3n) is 2.94. The van der Waals surface area contributed by atoms with Crippen LogP contribution >= 0.6 is 23.4 Å². The fourth-order valence-corrected chi connectivity index (χ4v) is 2.99. The molecule has 22 heavy (non-hydrogen) atoms. The lowest BCUT2D eigenvalue weighted by molar-refractivity contribution is -0.466. The van der Waals surface area contributed by atoms with Gasteiger partial charge in [-0.1, -0.05) is 35.5 Å². The van der Waals surface area contributed by atoms with Crippen molar-refractivity contribution in [1.29, 1.82) is 5.26 Å². The summed E-state index contributed by atoms with van der Waals surface area (Å²) in [4.78, 5) is 2.32. The standard InChI is InChI=1S/C15H10ClF3N2S/c1-9-6-13(15(17,18)19)21-14(12(9)7-20)22-8-10-2-4-11(16)5-3-10/h2-6H,8H2,1H3/p+1. The van der Waals surface area contributed by atoms with Gasteiger partial charge in [-0.3, -0.25) is 0 Å². The van der Waals surface area contributed by atoms with Crippen LogP contribution in [0.4, 0.5) is 13.2 Å². The molecule has 0 aliphatic carbocycles. The predicted molar refractivity (Wildman–Crippen MR) is 78.5 cm³/mol. The van der Waals surface area contributed by atoms with Crippen molar-refractivity contribution in [2.45, 2.75) is 23.9 Å². The molecule has 0 radical (unpaired) electrons. The Labute approximate surface area is 134 Å². The molecule has 1 aromatic heterocycles. The number of aryl methyl sites for hydroxylation is 1. The fourth-order valence-electron chi connectivity index (χ4n) is 1.82. The lowest BCUT2D eigenvalue weighted by Gasteiger charge is -2.06. The molecule has 0 saturated carbocycles. The Morgan fingerprint density at radius 2 is 1.91 bits per heavy atom. The van der Waals surface area contributed by atoms with Gasteiger partial charge in [-0.2, -0.15) is 23.4 Å². The van der Waals surface area contributed by atoms with E-state index >= 15 is 0 Å². The highest BCUT2D eigenvalue weighted by atomic mass is 35.5. The molecule has 1 N–H and O–H groups in total. The number of nitrogens with zero attached hydrogens (tertiary/aromatic N) is 1. The van der Waals surface area contributed by atoms with Gasteiger partial charge in [-0.15, -0.1) is 0 Å². The summed E-state index contributed by atoms with van der Waals surface area (Å²) < 4.78 is 38.6. The maximum absolute atomic E-state index is 12.9. The van der Waals surface area contributed by atoms with Gasteiger partial charge in [0.15, 0.2) is 0 Å². The Hall–Kier alpha value is -1.71. The lowest BCUT2D eigenvalue weighted by atomic mass is 10.1. The fraction of sp³-hybridized carbons (Fsp3) is 0.200. The maximum atomic E-state index is 12.9. The summed E-state index contributed by atoms with van der Waals surface area (Å²) in [7, 11) is 0. The zero-order valence-corrected chi connectivity index (χ0v) is 13.0. The van der Waals surface area contributed by atoms with Crippen LogP contribution in [0.3, 0.4) is 0 Å². The van der Waals surface area contributed by atoms with E-state index in [1.165, 1.54) is 6.92 Å². The number of halogens is 4. The third-order valence-corrected chi connectivity index (χ3v) is 4.27. The second-order valence-corrected chi connectivity index (χ2v) is 6.02. The average molecular weight is 344 g/mol. The normalized spacial score (nSPS) is 11.3. The Morgan fingerprint density at radius 1 is 1.27 bits per heavy atom. The highest BCUT2D eigenvalue weighted by Crippen LogP contribution is 2.30. The van der Waals surface area contributed by atoms with Crippen molar-refractivity contribution in [3.05, 3.63) is 57.7 Å². The minimum Gasteiger partial charge on any atom is -0.194 e. The van der Waals surface area contributed by atoms with Crippen LogP contribution in [0.25, 0.3) is 0 Å². The van der Waals surface area contributed by atoms with E-state index in [0.29, 0.717) is 16.3 Å². The smallest absolute Gasteiger partial charge is 0.194 e. The highest BCUT2D eigenvalue weighted by molar-refractivity contribution is 7.98. The number of benzene rings is 1. The Balaban J connectivity index is 2.31. The van der Waals surface area contributed by atoms with Gasteiger partial charge in [-0.05, 0) is 30.2 Å². The number of thioether (sulfide) groups is 1. The summed E-state index contributed by atoms with van der Waals surface area (Å²) in [5.74, 6) is 0.434. The number of hydrogen-bond acceptors (Lipinski definition) is 2. The number of H-pyrrole nitrogens is 1. The minimum atomic E-state index is -4.48. The van der Waals surface area contributed by atoms with Gasteiger partial charge in [0, 0.05) is 16.8 Å². The second-order valence-electron chi connectivity index (χ2n) is 4.59. The molecule has 0 aliphatic rings. The van der Waals surface area contributed by atoms with Crippen molar-refractivity contribution in [1.82, 2.24) is 0 Å². The molecular weight excluding hydrogens is 333 g/mol. The van der Waals surface area contributed by atoms with E-state index in [9.17, 15) is 13.2 Å². The maximum Gasteiger partial charge on any atom is 0.477 e. The molecular formula is C15H11ClF3N2S+. The summed E-state index contributed by atoms with van der Waals surface area (Å²) in [6, 6.07) is 9.91. The molecule has 0 spiro atoms.